The fourth-order valence-corrected chi connectivity index (χ4v) is 2.71. The van der Waals surface area contributed by atoms with Gasteiger partial charge in [0, 0.05) is 17.8 Å². The van der Waals surface area contributed by atoms with E-state index in [-0.39, 0.29) is 21.7 Å². The van der Waals surface area contributed by atoms with Gasteiger partial charge in [-0.3, -0.25) is 14.8 Å². The number of nitro groups is 1. The van der Waals surface area contributed by atoms with E-state index in [0.717, 1.165) is 6.07 Å². The van der Waals surface area contributed by atoms with Gasteiger partial charge in [0.15, 0.2) is 0 Å². The topological polar surface area (TPSA) is 115 Å². The van der Waals surface area contributed by atoms with E-state index >= 15 is 0 Å². The van der Waals surface area contributed by atoms with Gasteiger partial charge in [0.2, 0.25) is 5.28 Å². The molecule has 0 saturated heterocycles. The van der Waals surface area contributed by atoms with Crippen molar-refractivity contribution < 1.29 is 13.3 Å². The van der Waals surface area contributed by atoms with Crippen LogP contribution in [-0.4, -0.2) is 23.3 Å². The quantitative estimate of drug-likeness (QED) is 0.522. The Kier molecular flexibility index (Phi) is 4.05. The molecule has 0 radical (unpaired) electrons. The summed E-state index contributed by atoms with van der Waals surface area (Å²) in [5.41, 5.74) is 0.0858. The average molecular weight is 329 g/mol. The third kappa shape index (κ3) is 3.44. The number of anilines is 1. The number of halogens is 1. The summed E-state index contributed by atoms with van der Waals surface area (Å²) in [6, 6.07) is 4.93. The van der Waals surface area contributed by atoms with Crippen molar-refractivity contribution in [3.63, 3.8) is 0 Å². The van der Waals surface area contributed by atoms with Crippen molar-refractivity contribution in [1.82, 2.24) is 9.97 Å². The number of benzene rings is 1. The normalized spacial score (nSPS) is 11.1. The highest BCUT2D eigenvalue weighted by atomic mass is 35.5. The van der Waals surface area contributed by atoms with E-state index in [4.69, 9.17) is 11.6 Å². The van der Waals surface area contributed by atoms with Crippen LogP contribution in [0.3, 0.4) is 0 Å². The molecule has 0 amide bonds. The Morgan fingerprint density at radius 1 is 1.33 bits per heavy atom. The first-order valence-corrected chi connectivity index (χ1v) is 7.42. The van der Waals surface area contributed by atoms with Crippen LogP contribution in [0, 0.1) is 17.0 Å². The van der Waals surface area contributed by atoms with Crippen LogP contribution in [0.4, 0.5) is 11.5 Å². The van der Waals surface area contributed by atoms with Crippen molar-refractivity contribution in [2.24, 2.45) is 0 Å². The molecule has 0 aliphatic carbocycles. The molecule has 0 unspecified atom stereocenters. The Morgan fingerprint density at radius 3 is 2.67 bits per heavy atom. The lowest BCUT2D eigenvalue weighted by molar-refractivity contribution is -0.385. The molecule has 0 aliphatic heterocycles. The van der Waals surface area contributed by atoms with Gasteiger partial charge in [-0.05, 0) is 30.7 Å². The summed E-state index contributed by atoms with van der Waals surface area (Å²) in [6.45, 7) is 1.52. The molecule has 1 aromatic carbocycles. The molecule has 0 atom stereocenters. The van der Waals surface area contributed by atoms with Gasteiger partial charge in [-0.15, -0.1) is 0 Å². The maximum absolute atomic E-state index is 12.2. The van der Waals surface area contributed by atoms with Crippen molar-refractivity contribution in [1.29, 1.82) is 0 Å². The molecule has 0 aliphatic rings. The predicted octanol–water partition coefficient (Wildman–Crippen LogP) is 2.15. The molecule has 1 aromatic heterocycles. The van der Waals surface area contributed by atoms with Gasteiger partial charge < -0.3 is 0 Å². The molecule has 8 nitrogen and oxygen atoms in total. The number of sulfonamides is 1. The van der Waals surface area contributed by atoms with Gasteiger partial charge in [-0.25, -0.2) is 13.4 Å². The van der Waals surface area contributed by atoms with Crippen LogP contribution >= 0.6 is 11.6 Å². The van der Waals surface area contributed by atoms with E-state index < -0.39 is 14.9 Å². The molecule has 0 spiro atoms. The summed E-state index contributed by atoms with van der Waals surface area (Å²) in [5.74, 6) is -0.0294. The second-order valence-electron chi connectivity index (χ2n) is 4.02. The number of hydrogen-bond acceptors (Lipinski definition) is 6. The molecule has 0 bridgehead atoms. The van der Waals surface area contributed by atoms with Crippen LogP contribution in [0.15, 0.2) is 35.4 Å². The van der Waals surface area contributed by atoms with Crippen molar-refractivity contribution in [3.8, 4) is 0 Å². The average Bonchev–Trinajstić information content (AvgIpc) is 2.38. The molecular weight excluding hydrogens is 320 g/mol. The molecule has 1 heterocycles. The third-order valence-electron chi connectivity index (χ3n) is 2.55. The van der Waals surface area contributed by atoms with Crippen LogP contribution in [0.2, 0.25) is 5.28 Å². The lowest BCUT2D eigenvalue weighted by Crippen LogP contribution is -2.14. The Bertz CT molecular complexity index is 810. The highest BCUT2D eigenvalue weighted by Crippen LogP contribution is 2.23. The first kappa shape index (κ1) is 15.1. The summed E-state index contributed by atoms with van der Waals surface area (Å²) >= 11 is 5.56. The monoisotopic (exact) mass is 328 g/mol. The van der Waals surface area contributed by atoms with Gasteiger partial charge in [0.05, 0.1) is 9.82 Å². The maximum Gasteiger partial charge on any atom is 0.273 e. The number of rotatable bonds is 4. The molecule has 1 N–H and O–H groups in total. The van der Waals surface area contributed by atoms with E-state index in [1.165, 1.54) is 31.3 Å². The number of nitrogens with zero attached hydrogens (tertiary/aromatic N) is 3. The van der Waals surface area contributed by atoms with Gasteiger partial charge >= 0.3 is 0 Å². The zero-order chi connectivity index (χ0) is 15.6. The van der Waals surface area contributed by atoms with Crippen molar-refractivity contribution in [2.45, 2.75) is 11.8 Å². The molecule has 21 heavy (non-hydrogen) atoms. The lowest BCUT2D eigenvalue weighted by Gasteiger charge is -2.07. The van der Waals surface area contributed by atoms with Gasteiger partial charge in [0.1, 0.15) is 5.82 Å². The van der Waals surface area contributed by atoms with E-state index in [1.807, 2.05) is 0 Å². The van der Waals surface area contributed by atoms with Crippen molar-refractivity contribution >= 4 is 33.1 Å². The highest BCUT2D eigenvalue weighted by Gasteiger charge is 2.20. The van der Waals surface area contributed by atoms with E-state index in [0.29, 0.717) is 5.56 Å². The molecule has 10 heteroatoms. The van der Waals surface area contributed by atoms with Crippen molar-refractivity contribution in [2.75, 3.05) is 4.72 Å². The summed E-state index contributed by atoms with van der Waals surface area (Å²) in [6.07, 6.45) is 1.28. The second-order valence-corrected chi connectivity index (χ2v) is 6.04. The van der Waals surface area contributed by atoms with Crippen LogP contribution < -0.4 is 4.72 Å². The van der Waals surface area contributed by atoms with Crippen LogP contribution in [0.5, 0.6) is 0 Å². The number of nitro benzene ring substituents is 1. The number of hydrogen-bond donors (Lipinski definition) is 1. The van der Waals surface area contributed by atoms with E-state index in [1.54, 1.807) is 0 Å². The van der Waals surface area contributed by atoms with Crippen molar-refractivity contribution in [3.05, 3.63) is 51.4 Å². The Labute approximate surface area is 125 Å². The summed E-state index contributed by atoms with van der Waals surface area (Å²) in [4.78, 5) is 17.3. The molecule has 2 rings (SSSR count). The third-order valence-corrected chi connectivity index (χ3v) is 4.09. The molecule has 0 fully saturated rings. The van der Waals surface area contributed by atoms with Gasteiger partial charge in [-0.1, -0.05) is 6.07 Å². The van der Waals surface area contributed by atoms with Crippen LogP contribution in [-0.2, 0) is 10.0 Å². The molecule has 2 aromatic rings. The first-order valence-electron chi connectivity index (χ1n) is 5.56. The zero-order valence-electron chi connectivity index (χ0n) is 10.6. The SMILES string of the molecule is Cc1ccc(S(=O)(=O)Nc2ccnc(Cl)n2)cc1[N+](=O)[O-]. The number of nitrogens with one attached hydrogen (secondary N) is 1. The highest BCUT2D eigenvalue weighted by molar-refractivity contribution is 7.92. The largest absolute Gasteiger partial charge is 0.273 e. The molecule has 110 valence electrons. The minimum absolute atomic E-state index is 0.0294. The second kappa shape index (κ2) is 5.62. The summed E-state index contributed by atoms with van der Waals surface area (Å²) in [5, 5.41) is 10.7. The van der Waals surface area contributed by atoms with E-state index in [2.05, 4.69) is 14.7 Å². The predicted molar refractivity (Wildman–Crippen MR) is 75.7 cm³/mol. The lowest BCUT2D eigenvalue weighted by atomic mass is 10.2. The molecule has 0 saturated carbocycles. The number of aryl methyl sites for hydroxylation is 1. The van der Waals surface area contributed by atoms with E-state index in [9.17, 15) is 18.5 Å². The zero-order valence-corrected chi connectivity index (χ0v) is 12.2. The maximum atomic E-state index is 12.2. The minimum atomic E-state index is -4.01. The fraction of sp³-hybridized carbons (Fsp3) is 0.0909. The summed E-state index contributed by atoms with van der Waals surface area (Å²) in [7, 11) is -4.01. The fourth-order valence-electron chi connectivity index (χ4n) is 1.54. The number of aromatic nitrogens is 2. The smallest absolute Gasteiger partial charge is 0.263 e. The van der Waals surface area contributed by atoms with Gasteiger partial charge in [-0.2, -0.15) is 4.98 Å². The first-order chi connectivity index (χ1) is 9.79. The summed E-state index contributed by atoms with van der Waals surface area (Å²) < 4.78 is 26.5. The van der Waals surface area contributed by atoms with Gasteiger partial charge in [0.25, 0.3) is 15.7 Å². The Balaban J connectivity index is 2.40. The van der Waals surface area contributed by atoms with Crippen LogP contribution in [0.25, 0.3) is 0 Å². The molecular formula is C11H9ClN4O4S. The standard InChI is InChI=1S/C11H9ClN4O4S/c1-7-2-3-8(6-9(7)16(17)18)21(19,20)15-10-4-5-13-11(12)14-10/h2-6H,1H3,(H,13,14,15). The minimum Gasteiger partial charge on any atom is -0.263 e. The Morgan fingerprint density at radius 2 is 2.05 bits per heavy atom. The Hall–Kier alpha value is -2.26. The van der Waals surface area contributed by atoms with Crippen LogP contribution in [0.1, 0.15) is 5.56 Å².